The summed E-state index contributed by atoms with van der Waals surface area (Å²) in [6.07, 6.45) is 4.60. The van der Waals surface area contributed by atoms with Crippen LogP contribution in [0.1, 0.15) is 6.42 Å². The monoisotopic (exact) mass is 270 g/mol. The quantitative estimate of drug-likeness (QED) is 0.813. The number of likely N-dealkylation sites (N-methyl/N-ethyl adjacent to an activating group) is 1. The third-order valence-corrected chi connectivity index (χ3v) is 3.40. The van der Waals surface area contributed by atoms with Crippen molar-refractivity contribution in [2.75, 3.05) is 32.1 Å². The largest absolute Gasteiger partial charge is 0.354 e. The van der Waals surface area contributed by atoms with Gasteiger partial charge in [0.2, 0.25) is 0 Å². The highest BCUT2D eigenvalue weighted by Crippen LogP contribution is 2.26. The van der Waals surface area contributed by atoms with Gasteiger partial charge in [-0.25, -0.2) is 9.97 Å². The van der Waals surface area contributed by atoms with Crippen molar-refractivity contribution in [1.82, 2.24) is 14.9 Å². The molecule has 0 bridgehead atoms. The Bertz CT molecular complexity index is 342. The zero-order valence-corrected chi connectivity index (χ0v) is 10.6. The van der Waals surface area contributed by atoms with Gasteiger partial charge in [0, 0.05) is 25.3 Å². The summed E-state index contributed by atoms with van der Waals surface area (Å²) < 4.78 is 0.976. The Kier molecular flexibility index (Phi) is 3.21. The fraction of sp³-hybridized carbons (Fsp3) is 0.600. The van der Waals surface area contributed by atoms with Gasteiger partial charge in [-0.1, -0.05) is 0 Å². The fourth-order valence-corrected chi connectivity index (χ4v) is 2.37. The van der Waals surface area contributed by atoms with Gasteiger partial charge in [0.15, 0.2) is 0 Å². The van der Waals surface area contributed by atoms with Crippen molar-refractivity contribution >= 4 is 21.7 Å². The molecule has 1 unspecified atom stereocenters. The summed E-state index contributed by atoms with van der Waals surface area (Å²) in [5.74, 6) is 1.01. The number of rotatable bonds is 2. The predicted octanol–water partition coefficient (Wildman–Crippen LogP) is 1.38. The molecule has 0 radical (unpaired) electrons. The lowest BCUT2D eigenvalue weighted by Crippen LogP contribution is -2.31. The minimum atomic E-state index is 0.631. The predicted molar refractivity (Wildman–Crippen MR) is 64.0 cm³/mol. The lowest BCUT2D eigenvalue weighted by molar-refractivity contribution is 0.315. The summed E-state index contributed by atoms with van der Waals surface area (Å²) in [7, 11) is 4.26. The van der Waals surface area contributed by atoms with Crippen molar-refractivity contribution in [2.24, 2.45) is 0 Å². The Morgan fingerprint density at radius 1 is 1.53 bits per heavy atom. The van der Waals surface area contributed by atoms with Crippen molar-refractivity contribution in [3.63, 3.8) is 0 Å². The van der Waals surface area contributed by atoms with Crippen LogP contribution in [0.4, 0.5) is 5.82 Å². The number of nitrogens with zero attached hydrogens (tertiary/aromatic N) is 4. The summed E-state index contributed by atoms with van der Waals surface area (Å²) in [5.41, 5.74) is 0. The van der Waals surface area contributed by atoms with E-state index in [4.69, 9.17) is 0 Å². The molecule has 2 rings (SSSR count). The van der Waals surface area contributed by atoms with Gasteiger partial charge in [0.1, 0.15) is 12.1 Å². The van der Waals surface area contributed by atoms with Crippen LogP contribution in [0.25, 0.3) is 0 Å². The van der Waals surface area contributed by atoms with E-state index in [2.05, 4.69) is 49.8 Å². The van der Waals surface area contributed by atoms with Gasteiger partial charge in [-0.3, -0.25) is 0 Å². The van der Waals surface area contributed by atoms with E-state index < -0.39 is 0 Å². The van der Waals surface area contributed by atoms with Gasteiger partial charge in [-0.2, -0.15) is 0 Å². The summed E-state index contributed by atoms with van der Waals surface area (Å²) in [4.78, 5) is 12.9. The SMILES string of the molecule is CN(C)C1CCN(c2ncncc2Br)C1. The molecule has 1 atom stereocenters. The molecule has 0 aromatic carbocycles. The number of anilines is 1. The smallest absolute Gasteiger partial charge is 0.146 e. The first-order valence-corrected chi connectivity index (χ1v) is 5.84. The van der Waals surface area contributed by atoms with Crippen LogP contribution in [-0.2, 0) is 0 Å². The Labute approximate surface area is 98.4 Å². The number of hydrogen-bond acceptors (Lipinski definition) is 4. The van der Waals surface area contributed by atoms with Gasteiger partial charge < -0.3 is 9.80 Å². The lowest BCUT2D eigenvalue weighted by Gasteiger charge is -2.21. The fourth-order valence-electron chi connectivity index (χ4n) is 1.89. The molecule has 5 heteroatoms. The van der Waals surface area contributed by atoms with Crippen LogP contribution in [0.5, 0.6) is 0 Å². The molecule has 15 heavy (non-hydrogen) atoms. The summed E-state index contributed by atoms with van der Waals surface area (Å²) in [6, 6.07) is 0.631. The molecule has 0 amide bonds. The van der Waals surface area contributed by atoms with E-state index >= 15 is 0 Å². The third-order valence-electron chi connectivity index (χ3n) is 2.84. The summed E-state index contributed by atoms with van der Waals surface area (Å²) in [6.45, 7) is 2.11. The first-order chi connectivity index (χ1) is 7.18. The molecule has 2 heterocycles. The highest BCUT2D eigenvalue weighted by atomic mass is 79.9. The van der Waals surface area contributed by atoms with Gasteiger partial charge >= 0.3 is 0 Å². The van der Waals surface area contributed by atoms with Crippen molar-refractivity contribution in [3.05, 3.63) is 17.0 Å². The second-order valence-corrected chi connectivity index (χ2v) is 4.90. The third kappa shape index (κ3) is 2.29. The molecular weight excluding hydrogens is 256 g/mol. The Morgan fingerprint density at radius 3 is 2.93 bits per heavy atom. The molecule has 0 spiro atoms. The maximum absolute atomic E-state index is 4.30. The molecule has 1 aliphatic rings. The average Bonchev–Trinajstić information content (AvgIpc) is 2.67. The molecule has 1 aromatic rings. The van der Waals surface area contributed by atoms with Gasteiger partial charge in [0.05, 0.1) is 4.47 Å². The molecule has 0 N–H and O–H groups in total. The van der Waals surface area contributed by atoms with E-state index in [1.54, 1.807) is 12.5 Å². The molecule has 0 saturated carbocycles. The minimum Gasteiger partial charge on any atom is -0.354 e. The van der Waals surface area contributed by atoms with Crippen LogP contribution in [0, 0.1) is 0 Å². The molecule has 4 nitrogen and oxygen atoms in total. The van der Waals surface area contributed by atoms with E-state index in [1.165, 1.54) is 6.42 Å². The van der Waals surface area contributed by atoms with Crippen LogP contribution in [-0.4, -0.2) is 48.1 Å². The molecule has 1 fully saturated rings. The van der Waals surface area contributed by atoms with Gasteiger partial charge in [0.25, 0.3) is 0 Å². The minimum absolute atomic E-state index is 0.631. The molecule has 82 valence electrons. The Balaban J connectivity index is 2.11. The van der Waals surface area contributed by atoms with Crippen molar-refractivity contribution < 1.29 is 0 Å². The molecule has 1 aliphatic heterocycles. The van der Waals surface area contributed by atoms with E-state index in [0.717, 1.165) is 23.4 Å². The van der Waals surface area contributed by atoms with Crippen LogP contribution < -0.4 is 4.90 Å². The first-order valence-electron chi connectivity index (χ1n) is 5.05. The van der Waals surface area contributed by atoms with Crippen molar-refractivity contribution in [1.29, 1.82) is 0 Å². The van der Waals surface area contributed by atoms with E-state index in [9.17, 15) is 0 Å². The number of halogens is 1. The van der Waals surface area contributed by atoms with Crippen LogP contribution in [0.3, 0.4) is 0 Å². The second-order valence-electron chi connectivity index (χ2n) is 4.05. The molecule has 0 aliphatic carbocycles. The van der Waals surface area contributed by atoms with Gasteiger partial charge in [-0.15, -0.1) is 0 Å². The Morgan fingerprint density at radius 2 is 2.33 bits per heavy atom. The zero-order chi connectivity index (χ0) is 10.8. The van der Waals surface area contributed by atoms with Gasteiger partial charge in [-0.05, 0) is 36.4 Å². The van der Waals surface area contributed by atoms with E-state index in [1.807, 2.05) is 0 Å². The number of hydrogen-bond donors (Lipinski definition) is 0. The molecular formula is C10H15BrN4. The van der Waals surface area contributed by atoms with E-state index in [-0.39, 0.29) is 0 Å². The maximum atomic E-state index is 4.30. The van der Waals surface area contributed by atoms with Crippen LogP contribution >= 0.6 is 15.9 Å². The summed E-state index contributed by atoms with van der Waals surface area (Å²) in [5, 5.41) is 0. The van der Waals surface area contributed by atoms with Crippen molar-refractivity contribution in [2.45, 2.75) is 12.5 Å². The van der Waals surface area contributed by atoms with Crippen LogP contribution in [0.2, 0.25) is 0 Å². The van der Waals surface area contributed by atoms with Crippen LogP contribution in [0.15, 0.2) is 17.0 Å². The summed E-state index contributed by atoms with van der Waals surface area (Å²) >= 11 is 3.48. The van der Waals surface area contributed by atoms with Crippen molar-refractivity contribution in [3.8, 4) is 0 Å². The zero-order valence-electron chi connectivity index (χ0n) is 9.02. The lowest BCUT2D eigenvalue weighted by atomic mass is 10.2. The molecule has 1 aromatic heterocycles. The standard InChI is InChI=1S/C10H15BrN4/c1-14(2)8-3-4-15(6-8)10-9(11)5-12-7-13-10/h5,7-8H,3-4,6H2,1-2H3. The van der Waals surface area contributed by atoms with E-state index in [0.29, 0.717) is 6.04 Å². The normalized spacial score (nSPS) is 21.3. The highest BCUT2D eigenvalue weighted by Gasteiger charge is 2.25. The maximum Gasteiger partial charge on any atom is 0.146 e. The topological polar surface area (TPSA) is 32.3 Å². The highest BCUT2D eigenvalue weighted by molar-refractivity contribution is 9.10. The average molecular weight is 271 g/mol. The first kappa shape index (κ1) is 10.8. The molecule has 1 saturated heterocycles. The number of aromatic nitrogens is 2. The second kappa shape index (κ2) is 4.45. The Hall–Kier alpha value is -0.680.